The predicted molar refractivity (Wildman–Crippen MR) is 125 cm³/mol. The van der Waals surface area contributed by atoms with Gasteiger partial charge in [0, 0.05) is 56.9 Å². The number of halogens is 2. The zero-order chi connectivity index (χ0) is 24.2. The van der Waals surface area contributed by atoms with Gasteiger partial charge in [-0.1, -0.05) is 0 Å². The van der Waals surface area contributed by atoms with Crippen molar-refractivity contribution in [2.75, 3.05) is 43.4 Å². The molecule has 0 unspecified atom stereocenters. The molecule has 4 heterocycles. The van der Waals surface area contributed by atoms with E-state index in [1.165, 1.54) is 13.1 Å². The van der Waals surface area contributed by atoms with Gasteiger partial charge in [-0.25, -0.2) is 9.37 Å². The molecule has 2 N–H and O–H groups in total. The summed E-state index contributed by atoms with van der Waals surface area (Å²) < 4.78 is 31.8. The van der Waals surface area contributed by atoms with Crippen molar-refractivity contribution in [3.8, 4) is 0 Å². The molecule has 0 aliphatic carbocycles. The number of nitrogens with zero attached hydrogens (tertiary/aromatic N) is 4. The fourth-order valence-corrected chi connectivity index (χ4v) is 4.72. The van der Waals surface area contributed by atoms with E-state index >= 15 is 4.39 Å². The quantitative estimate of drug-likeness (QED) is 0.576. The molecule has 1 aromatic carbocycles. The van der Waals surface area contributed by atoms with Crippen LogP contribution in [0, 0.1) is 11.8 Å². The van der Waals surface area contributed by atoms with E-state index in [1.54, 1.807) is 19.9 Å². The predicted octanol–water partition coefficient (Wildman–Crippen LogP) is 2.68. The number of hydrogen-bond acceptors (Lipinski definition) is 5. The van der Waals surface area contributed by atoms with Gasteiger partial charge in [-0.2, -0.15) is 4.39 Å². The van der Waals surface area contributed by atoms with Crippen molar-refractivity contribution >= 4 is 34.1 Å². The topological polar surface area (TPSA) is 82.5 Å². The number of hydrogen-bond donors (Lipinski definition) is 2. The Hall–Kier alpha value is -3.53. The Balaban J connectivity index is 1.32. The molecule has 0 bridgehead atoms. The molecular weight excluding hydrogens is 442 g/mol. The molecule has 2 aromatic heterocycles. The van der Waals surface area contributed by atoms with E-state index in [2.05, 4.69) is 20.5 Å². The highest BCUT2D eigenvalue weighted by Gasteiger charge is 2.37. The first-order valence-electron chi connectivity index (χ1n) is 11.2. The normalized spacial score (nSPS) is 17.7. The van der Waals surface area contributed by atoms with Crippen molar-refractivity contribution < 1.29 is 18.4 Å². The van der Waals surface area contributed by atoms with Crippen LogP contribution in [0.15, 0.2) is 30.5 Å². The molecule has 34 heavy (non-hydrogen) atoms. The van der Waals surface area contributed by atoms with Crippen molar-refractivity contribution in [1.29, 1.82) is 0 Å². The van der Waals surface area contributed by atoms with E-state index in [-0.39, 0.29) is 17.3 Å². The lowest BCUT2D eigenvalue weighted by Gasteiger charge is -2.36. The summed E-state index contributed by atoms with van der Waals surface area (Å²) in [5.41, 5.74) is 1.01. The molecule has 8 nitrogen and oxygen atoms in total. The van der Waals surface area contributed by atoms with Crippen LogP contribution in [0.5, 0.6) is 0 Å². The first-order valence-corrected chi connectivity index (χ1v) is 11.2. The smallest absolute Gasteiger partial charge is 0.269 e. The Bertz CT molecular complexity index is 1310. The van der Waals surface area contributed by atoms with Crippen LogP contribution in [0.1, 0.15) is 29.9 Å². The van der Waals surface area contributed by atoms with Gasteiger partial charge in [0.2, 0.25) is 11.9 Å². The van der Waals surface area contributed by atoms with Crippen LogP contribution in [0.4, 0.5) is 20.2 Å². The lowest BCUT2D eigenvalue weighted by Crippen LogP contribution is -2.46. The number of nitrogens with one attached hydrogen (secondary N) is 2. The molecule has 1 fully saturated rings. The van der Waals surface area contributed by atoms with Gasteiger partial charge in [0.1, 0.15) is 16.9 Å². The van der Waals surface area contributed by atoms with Crippen molar-refractivity contribution in [2.45, 2.75) is 25.9 Å². The summed E-state index contributed by atoms with van der Waals surface area (Å²) in [6.45, 7) is 6.27. The third kappa shape index (κ3) is 3.49. The second-order valence-corrected chi connectivity index (χ2v) is 9.21. The zero-order valence-electron chi connectivity index (χ0n) is 19.3. The number of rotatable bonds is 4. The first-order chi connectivity index (χ1) is 16.2. The molecule has 0 atom stereocenters. The molecule has 0 radical (unpaired) electrons. The monoisotopic (exact) mass is 468 g/mol. The lowest BCUT2D eigenvalue weighted by atomic mass is 9.99. The van der Waals surface area contributed by atoms with Gasteiger partial charge in [-0.05, 0) is 38.1 Å². The number of aromatic nitrogens is 2. The maximum atomic E-state index is 15.4. The summed E-state index contributed by atoms with van der Waals surface area (Å²) in [7, 11) is 1.47. The third-order valence-electron chi connectivity index (χ3n) is 6.78. The maximum absolute atomic E-state index is 15.4. The number of pyridine rings is 1. The largest absolute Gasteiger partial charge is 0.365 e. The van der Waals surface area contributed by atoms with Gasteiger partial charge in [0.15, 0.2) is 5.82 Å². The van der Waals surface area contributed by atoms with Crippen LogP contribution in [0.3, 0.4) is 0 Å². The van der Waals surface area contributed by atoms with Crippen LogP contribution in [0.2, 0.25) is 0 Å². The van der Waals surface area contributed by atoms with E-state index < -0.39 is 23.2 Å². The summed E-state index contributed by atoms with van der Waals surface area (Å²) in [5, 5.41) is 6.06. The van der Waals surface area contributed by atoms with Crippen LogP contribution < -0.4 is 15.5 Å². The van der Waals surface area contributed by atoms with Crippen molar-refractivity contribution in [1.82, 2.24) is 19.8 Å². The minimum Gasteiger partial charge on any atom is -0.365 e. The molecule has 5 rings (SSSR count). The van der Waals surface area contributed by atoms with E-state index in [1.807, 2.05) is 27.8 Å². The van der Waals surface area contributed by atoms with Gasteiger partial charge in [-0.3, -0.25) is 14.5 Å². The molecule has 2 amide bonds. The number of carbonyl (C=O) groups excluding carboxylic acids is 2. The number of anilines is 2. The molecular formula is C24H26F2N6O2. The summed E-state index contributed by atoms with van der Waals surface area (Å²) in [5.74, 6) is -1.80. The first kappa shape index (κ1) is 22.3. The molecule has 3 aromatic rings. The minimum absolute atomic E-state index is 0.0292. The van der Waals surface area contributed by atoms with E-state index in [0.717, 1.165) is 5.39 Å². The van der Waals surface area contributed by atoms with Gasteiger partial charge in [0.25, 0.3) is 5.91 Å². The van der Waals surface area contributed by atoms with Crippen molar-refractivity contribution in [3.63, 3.8) is 0 Å². The highest BCUT2D eigenvalue weighted by atomic mass is 19.1. The van der Waals surface area contributed by atoms with Gasteiger partial charge in [-0.15, -0.1) is 0 Å². The fraction of sp³-hybridized carbons (Fsp3) is 0.375. The summed E-state index contributed by atoms with van der Waals surface area (Å²) in [6, 6.07) is 6.81. The highest BCUT2D eigenvalue weighted by molar-refractivity contribution is 6.08. The van der Waals surface area contributed by atoms with Crippen molar-refractivity contribution in [2.24, 2.45) is 0 Å². The Morgan fingerprint density at radius 1 is 1.18 bits per heavy atom. The Labute approximate surface area is 195 Å². The Morgan fingerprint density at radius 2 is 1.91 bits per heavy atom. The number of carbonyl (C=O) groups is 2. The maximum Gasteiger partial charge on any atom is 0.269 e. The molecule has 10 heteroatoms. The van der Waals surface area contributed by atoms with E-state index in [4.69, 9.17) is 0 Å². The third-order valence-corrected chi connectivity index (χ3v) is 6.78. The van der Waals surface area contributed by atoms with Gasteiger partial charge >= 0.3 is 0 Å². The van der Waals surface area contributed by atoms with E-state index in [9.17, 15) is 14.0 Å². The van der Waals surface area contributed by atoms with Gasteiger partial charge in [0.05, 0.1) is 11.2 Å². The zero-order valence-corrected chi connectivity index (χ0v) is 19.3. The molecule has 0 spiro atoms. The average molecular weight is 469 g/mol. The summed E-state index contributed by atoms with van der Waals surface area (Å²) >= 11 is 0. The SMILES string of the molecule is CNC(=O)c1ccc(N2CCN(Cc3cc4ccn5c4c(c3F)NC(=O)C5(C)C)CC2)c(F)n1. The number of piperazine rings is 1. The van der Waals surface area contributed by atoms with Crippen molar-refractivity contribution in [3.05, 3.63) is 53.5 Å². The second kappa shape index (κ2) is 8.05. The van der Waals surface area contributed by atoms with Crippen LogP contribution in [-0.2, 0) is 16.9 Å². The van der Waals surface area contributed by atoms with Crippen LogP contribution >= 0.6 is 0 Å². The van der Waals surface area contributed by atoms with E-state index in [0.29, 0.717) is 49.5 Å². The fourth-order valence-electron chi connectivity index (χ4n) is 4.72. The second-order valence-electron chi connectivity index (χ2n) is 9.21. The molecule has 1 saturated heterocycles. The molecule has 178 valence electrons. The summed E-state index contributed by atoms with van der Waals surface area (Å²) in [4.78, 5) is 32.0. The molecule has 2 aliphatic heterocycles. The lowest BCUT2D eigenvalue weighted by molar-refractivity contribution is -0.123. The van der Waals surface area contributed by atoms with Crippen LogP contribution in [0.25, 0.3) is 10.9 Å². The van der Waals surface area contributed by atoms with Gasteiger partial charge < -0.3 is 20.1 Å². The Kier molecular flexibility index (Phi) is 5.27. The molecule has 2 aliphatic rings. The average Bonchev–Trinajstić information content (AvgIpc) is 3.25. The summed E-state index contributed by atoms with van der Waals surface area (Å²) in [6.07, 6.45) is 1.83. The minimum atomic E-state index is -0.790. The standard InChI is InChI=1S/C24H26F2N6O2/c1-24(2)23(34)29-19-18(25)15(12-14-6-7-32(24)20(14)19)13-30-8-10-31(11-9-30)17-5-4-16(22(33)27-3)28-21(17)26/h4-7,12H,8-11,13H2,1-3H3,(H,27,33)(H,29,34). The van der Waals surface area contributed by atoms with Crippen LogP contribution in [-0.4, -0.2) is 59.5 Å². The highest BCUT2D eigenvalue weighted by Crippen LogP contribution is 2.38. The Morgan fingerprint density at radius 3 is 2.59 bits per heavy atom. The molecule has 0 saturated carbocycles. The number of benzene rings is 1. The number of amides is 2.